The number of fused-ring (bicyclic) bond motifs is 1. The van der Waals surface area contributed by atoms with Crippen molar-refractivity contribution in [3.8, 4) is 17.3 Å². The standard InChI is InChI=1S/C28H27FN8O/c1-2-24(38)36-10-4-7-22(16-36)37-28-25(27(31)33-17-34-28)26(35-37)20-8-9-21(23(29)12-20)15-32-14-19-6-3-5-18(11-19)13-30/h2-3,5-6,8-9,11-12,17,22,32H,1,4,7,10,14-16H2,(H2,31,33,34). The zero-order valence-electron chi connectivity index (χ0n) is 20.8. The van der Waals surface area contributed by atoms with Crippen molar-refractivity contribution in [3.05, 3.63) is 84.0 Å². The Morgan fingerprint density at radius 1 is 1.26 bits per heavy atom. The molecule has 1 unspecified atom stereocenters. The van der Waals surface area contributed by atoms with Crippen LogP contribution in [0.25, 0.3) is 22.3 Å². The highest BCUT2D eigenvalue weighted by molar-refractivity contribution is 5.98. The maximum atomic E-state index is 15.2. The predicted molar refractivity (Wildman–Crippen MR) is 142 cm³/mol. The van der Waals surface area contributed by atoms with Gasteiger partial charge in [0, 0.05) is 37.3 Å². The maximum Gasteiger partial charge on any atom is 0.246 e. The molecule has 3 N–H and O–H groups in total. The highest BCUT2D eigenvalue weighted by Crippen LogP contribution is 2.34. The molecule has 0 bridgehead atoms. The lowest BCUT2D eigenvalue weighted by molar-refractivity contribution is -0.127. The van der Waals surface area contributed by atoms with Crippen LogP contribution in [0.5, 0.6) is 0 Å². The van der Waals surface area contributed by atoms with Gasteiger partial charge in [-0.15, -0.1) is 0 Å². The van der Waals surface area contributed by atoms with Crippen LogP contribution < -0.4 is 11.1 Å². The number of nitrogens with one attached hydrogen (secondary N) is 1. The van der Waals surface area contributed by atoms with Gasteiger partial charge in [-0.3, -0.25) is 4.79 Å². The largest absolute Gasteiger partial charge is 0.383 e. The molecule has 1 amide bonds. The number of rotatable bonds is 7. The van der Waals surface area contributed by atoms with Crippen LogP contribution in [0.2, 0.25) is 0 Å². The summed E-state index contributed by atoms with van der Waals surface area (Å²) in [4.78, 5) is 22.5. The van der Waals surface area contributed by atoms with Gasteiger partial charge in [0.15, 0.2) is 5.65 Å². The third-order valence-corrected chi connectivity index (χ3v) is 6.77. The first kappa shape index (κ1) is 25.0. The van der Waals surface area contributed by atoms with E-state index >= 15 is 4.39 Å². The zero-order chi connectivity index (χ0) is 26.6. The first-order valence-corrected chi connectivity index (χ1v) is 12.4. The molecule has 0 saturated carbocycles. The Balaban J connectivity index is 1.40. The van der Waals surface area contributed by atoms with Crippen LogP contribution in [0.3, 0.4) is 0 Å². The first-order chi connectivity index (χ1) is 18.5. The molecular weight excluding hydrogens is 483 g/mol. The van der Waals surface area contributed by atoms with Gasteiger partial charge in [0.2, 0.25) is 5.91 Å². The van der Waals surface area contributed by atoms with Crippen LogP contribution in [0.4, 0.5) is 10.2 Å². The monoisotopic (exact) mass is 510 g/mol. The zero-order valence-corrected chi connectivity index (χ0v) is 20.8. The molecule has 192 valence electrons. The lowest BCUT2D eigenvalue weighted by Gasteiger charge is -2.32. The van der Waals surface area contributed by atoms with Gasteiger partial charge < -0.3 is 16.0 Å². The van der Waals surface area contributed by atoms with E-state index in [1.807, 2.05) is 18.2 Å². The van der Waals surface area contributed by atoms with Crippen molar-refractivity contribution >= 4 is 22.8 Å². The molecule has 1 saturated heterocycles. The third kappa shape index (κ3) is 4.96. The Kier molecular flexibility index (Phi) is 7.11. The maximum absolute atomic E-state index is 15.2. The van der Waals surface area contributed by atoms with Gasteiger partial charge in [0.25, 0.3) is 0 Å². The summed E-state index contributed by atoms with van der Waals surface area (Å²) in [6.07, 6.45) is 4.34. The molecule has 2 aromatic carbocycles. The van der Waals surface area contributed by atoms with Gasteiger partial charge in [0.05, 0.1) is 23.1 Å². The number of anilines is 1. The van der Waals surface area contributed by atoms with Crippen molar-refractivity contribution in [2.75, 3.05) is 18.8 Å². The Morgan fingerprint density at radius 3 is 2.92 bits per heavy atom. The smallest absolute Gasteiger partial charge is 0.246 e. The van der Waals surface area contributed by atoms with Crippen molar-refractivity contribution in [2.45, 2.75) is 32.0 Å². The minimum atomic E-state index is -0.376. The van der Waals surface area contributed by atoms with Crippen LogP contribution in [0, 0.1) is 17.1 Å². The summed E-state index contributed by atoms with van der Waals surface area (Å²) in [7, 11) is 0. The second kappa shape index (κ2) is 10.8. The van der Waals surface area contributed by atoms with Crippen LogP contribution >= 0.6 is 0 Å². The van der Waals surface area contributed by atoms with Crippen molar-refractivity contribution in [3.63, 3.8) is 0 Å². The van der Waals surface area contributed by atoms with E-state index in [2.05, 4.69) is 27.9 Å². The number of carbonyl (C=O) groups excluding carboxylic acids is 1. The Bertz CT molecular complexity index is 1560. The summed E-state index contributed by atoms with van der Waals surface area (Å²) in [6, 6.07) is 14.3. The van der Waals surface area contributed by atoms with E-state index in [0.717, 1.165) is 18.4 Å². The first-order valence-electron chi connectivity index (χ1n) is 12.4. The number of aromatic nitrogens is 4. The second-order valence-corrected chi connectivity index (χ2v) is 9.26. The highest BCUT2D eigenvalue weighted by Gasteiger charge is 2.28. The molecule has 0 aliphatic carbocycles. The van der Waals surface area contributed by atoms with E-state index in [-0.39, 0.29) is 23.6 Å². The number of nitriles is 1. The van der Waals surface area contributed by atoms with E-state index in [1.54, 1.807) is 27.8 Å². The number of hydrogen-bond acceptors (Lipinski definition) is 7. The molecular formula is C28H27FN8O. The molecule has 4 aromatic rings. The van der Waals surface area contributed by atoms with Gasteiger partial charge in [-0.2, -0.15) is 10.4 Å². The molecule has 1 aliphatic heterocycles. The van der Waals surface area contributed by atoms with Crippen molar-refractivity contribution < 1.29 is 9.18 Å². The molecule has 1 aliphatic rings. The normalized spacial score (nSPS) is 15.4. The molecule has 2 aromatic heterocycles. The third-order valence-electron chi connectivity index (χ3n) is 6.77. The fraction of sp³-hybridized carbons (Fsp3) is 0.250. The average Bonchev–Trinajstić information content (AvgIpc) is 3.35. The lowest BCUT2D eigenvalue weighted by atomic mass is 10.1. The number of piperidine rings is 1. The quantitative estimate of drug-likeness (QED) is 0.363. The molecule has 5 rings (SSSR count). The lowest BCUT2D eigenvalue weighted by Crippen LogP contribution is -2.40. The van der Waals surface area contributed by atoms with Crippen molar-refractivity contribution in [1.29, 1.82) is 5.26 Å². The molecule has 0 radical (unpaired) electrons. The Hall–Kier alpha value is -4.62. The molecule has 38 heavy (non-hydrogen) atoms. The van der Waals surface area contributed by atoms with Crippen molar-refractivity contribution in [1.82, 2.24) is 30.0 Å². The molecule has 1 fully saturated rings. The van der Waals surface area contributed by atoms with Gasteiger partial charge >= 0.3 is 0 Å². The fourth-order valence-corrected chi connectivity index (χ4v) is 4.87. The summed E-state index contributed by atoms with van der Waals surface area (Å²) in [5, 5.41) is 17.7. The van der Waals surface area contributed by atoms with Crippen LogP contribution in [-0.2, 0) is 17.9 Å². The summed E-state index contributed by atoms with van der Waals surface area (Å²) < 4.78 is 17.0. The van der Waals surface area contributed by atoms with E-state index < -0.39 is 0 Å². The number of hydrogen-bond donors (Lipinski definition) is 2. The average molecular weight is 511 g/mol. The van der Waals surface area contributed by atoms with Crippen molar-refractivity contribution in [2.24, 2.45) is 0 Å². The number of nitrogens with zero attached hydrogens (tertiary/aromatic N) is 6. The minimum absolute atomic E-state index is 0.106. The summed E-state index contributed by atoms with van der Waals surface area (Å²) >= 11 is 0. The number of nitrogen functional groups attached to an aromatic ring is 1. The van der Waals surface area contributed by atoms with Crippen LogP contribution in [0.15, 0.2) is 61.4 Å². The summed E-state index contributed by atoms with van der Waals surface area (Å²) in [5.74, 6) is -0.235. The molecule has 10 heteroatoms. The molecule has 9 nitrogen and oxygen atoms in total. The van der Waals surface area contributed by atoms with Crippen LogP contribution in [-0.4, -0.2) is 43.6 Å². The van der Waals surface area contributed by atoms with Crippen LogP contribution in [0.1, 0.15) is 35.6 Å². The number of carbonyl (C=O) groups is 1. The number of likely N-dealkylation sites (tertiary alicyclic amines) is 1. The Labute approximate surface area is 219 Å². The van der Waals surface area contributed by atoms with Gasteiger partial charge in [0.1, 0.15) is 23.7 Å². The predicted octanol–water partition coefficient (Wildman–Crippen LogP) is 3.73. The summed E-state index contributed by atoms with van der Waals surface area (Å²) in [5.41, 5.74) is 9.89. The molecule has 3 heterocycles. The number of halogens is 1. The summed E-state index contributed by atoms with van der Waals surface area (Å²) in [6.45, 7) is 5.55. The fourth-order valence-electron chi connectivity index (χ4n) is 4.87. The van der Waals surface area contributed by atoms with Gasteiger partial charge in [-0.25, -0.2) is 19.0 Å². The van der Waals surface area contributed by atoms with E-state index in [4.69, 9.17) is 16.1 Å². The Morgan fingerprint density at radius 2 is 2.13 bits per heavy atom. The minimum Gasteiger partial charge on any atom is -0.383 e. The number of nitrogens with two attached hydrogens (primary N) is 1. The SMILES string of the molecule is C=CC(=O)N1CCCC(n2nc(-c3ccc(CNCc4cccc(C#N)c4)c(F)c3)c3c(N)ncnc32)C1. The van der Waals surface area contributed by atoms with E-state index in [1.165, 1.54) is 18.5 Å². The number of amides is 1. The molecule has 1 atom stereocenters. The topological polar surface area (TPSA) is 126 Å². The molecule has 0 spiro atoms. The van der Waals surface area contributed by atoms with E-state index in [9.17, 15) is 4.79 Å². The second-order valence-electron chi connectivity index (χ2n) is 9.26. The number of benzene rings is 2. The van der Waals surface area contributed by atoms with E-state index in [0.29, 0.717) is 59.6 Å². The highest BCUT2D eigenvalue weighted by atomic mass is 19.1. The van der Waals surface area contributed by atoms with Gasteiger partial charge in [-0.05, 0) is 42.7 Å². The van der Waals surface area contributed by atoms with Gasteiger partial charge in [-0.1, -0.05) is 30.8 Å².